The SMILES string of the molecule is O=C(CCC1CCCC1O)OCc1ccccc1. The minimum absolute atomic E-state index is 0.169. The Morgan fingerprint density at radius 1 is 1.28 bits per heavy atom. The van der Waals surface area contributed by atoms with E-state index in [0.717, 1.165) is 31.2 Å². The van der Waals surface area contributed by atoms with Gasteiger partial charge in [0.15, 0.2) is 0 Å². The maximum absolute atomic E-state index is 11.6. The summed E-state index contributed by atoms with van der Waals surface area (Å²) >= 11 is 0. The zero-order valence-corrected chi connectivity index (χ0v) is 10.5. The summed E-state index contributed by atoms with van der Waals surface area (Å²) in [7, 11) is 0. The number of rotatable bonds is 5. The van der Waals surface area contributed by atoms with Gasteiger partial charge in [-0.05, 0) is 30.7 Å². The topological polar surface area (TPSA) is 46.5 Å². The van der Waals surface area contributed by atoms with Gasteiger partial charge in [-0.25, -0.2) is 0 Å². The van der Waals surface area contributed by atoms with Crippen LogP contribution >= 0.6 is 0 Å². The summed E-state index contributed by atoms with van der Waals surface area (Å²) in [6, 6.07) is 9.67. The first-order chi connectivity index (χ1) is 8.75. The first-order valence-electron chi connectivity index (χ1n) is 6.63. The Morgan fingerprint density at radius 2 is 2.06 bits per heavy atom. The van der Waals surface area contributed by atoms with E-state index < -0.39 is 0 Å². The lowest BCUT2D eigenvalue weighted by molar-refractivity contribution is -0.145. The molecular weight excluding hydrogens is 228 g/mol. The zero-order chi connectivity index (χ0) is 12.8. The van der Waals surface area contributed by atoms with Crippen LogP contribution in [0.1, 0.15) is 37.7 Å². The Kier molecular flexibility index (Phi) is 4.76. The highest BCUT2D eigenvalue weighted by molar-refractivity contribution is 5.69. The van der Waals surface area contributed by atoms with Crippen LogP contribution in [-0.2, 0) is 16.1 Å². The molecule has 2 rings (SSSR count). The number of benzene rings is 1. The molecule has 1 aliphatic rings. The van der Waals surface area contributed by atoms with E-state index in [1.54, 1.807) is 0 Å². The van der Waals surface area contributed by atoms with Crippen LogP contribution in [0.5, 0.6) is 0 Å². The molecule has 3 nitrogen and oxygen atoms in total. The maximum Gasteiger partial charge on any atom is 0.306 e. The van der Waals surface area contributed by atoms with Crippen LogP contribution in [0, 0.1) is 5.92 Å². The van der Waals surface area contributed by atoms with Gasteiger partial charge in [0, 0.05) is 6.42 Å². The van der Waals surface area contributed by atoms with Gasteiger partial charge < -0.3 is 9.84 Å². The molecule has 1 saturated carbocycles. The molecule has 0 bridgehead atoms. The Balaban J connectivity index is 1.66. The van der Waals surface area contributed by atoms with Crippen LogP contribution in [0.3, 0.4) is 0 Å². The standard InChI is InChI=1S/C15H20O3/c16-14-8-4-7-13(14)9-10-15(17)18-11-12-5-2-1-3-6-12/h1-3,5-6,13-14,16H,4,7-11H2. The fraction of sp³-hybridized carbons (Fsp3) is 0.533. The molecule has 3 heteroatoms. The summed E-state index contributed by atoms with van der Waals surface area (Å²) in [5.41, 5.74) is 1.01. The Bertz CT molecular complexity index is 375. The molecule has 0 aliphatic heterocycles. The molecule has 98 valence electrons. The van der Waals surface area contributed by atoms with E-state index in [-0.39, 0.29) is 18.0 Å². The monoisotopic (exact) mass is 248 g/mol. The van der Waals surface area contributed by atoms with E-state index in [4.69, 9.17) is 4.74 Å². The summed E-state index contributed by atoms with van der Waals surface area (Å²) < 4.78 is 5.20. The molecule has 1 aliphatic carbocycles. The summed E-state index contributed by atoms with van der Waals surface area (Å²) in [6.07, 6.45) is 3.93. The predicted molar refractivity (Wildman–Crippen MR) is 68.8 cm³/mol. The Hall–Kier alpha value is -1.35. The number of hydrogen-bond acceptors (Lipinski definition) is 3. The number of carbonyl (C=O) groups excluding carboxylic acids is 1. The maximum atomic E-state index is 11.6. The van der Waals surface area contributed by atoms with Crippen LogP contribution in [0.2, 0.25) is 0 Å². The van der Waals surface area contributed by atoms with Crippen molar-refractivity contribution in [3.8, 4) is 0 Å². The third kappa shape index (κ3) is 3.84. The molecule has 1 fully saturated rings. The van der Waals surface area contributed by atoms with Crippen molar-refractivity contribution in [2.24, 2.45) is 5.92 Å². The largest absolute Gasteiger partial charge is 0.461 e. The van der Waals surface area contributed by atoms with Crippen molar-refractivity contribution in [2.75, 3.05) is 0 Å². The van der Waals surface area contributed by atoms with Crippen molar-refractivity contribution in [2.45, 2.75) is 44.8 Å². The molecule has 2 atom stereocenters. The van der Waals surface area contributed by atoms with Crippen molar-refractivity contribution in [3.63, 3.8) is 0 Å². The fourth-order valence-corrected chi connectivity index (χ4v) is 2.47. The smallest absolute Gasteiger partial charge is 0.306 e. The zero-order valence-electron chi connectivity index (χ0n) is 10.5. The summed E-state index contributed by atoms with van der Waals surface area (Å²) in [5.74, 6) is 0.118. The number of esters is 1. The van der Waals surface area contributed by atoms with Gasteiger partial charge in [0.05, 0.1) is 6.10 Å². The van der Waals surface area contributed by atoms with Crippen LogP contribution < -0.4 is 0 Å². The molecule has 2 unspecified atom stereocenters. The molecule has 1 aromatic rings. The van der Waals surface area contributed by atoms with E-state index >= 15 is 0 Å². The lowest BCUT2D eigenvalue weighted by Gasteiger charge is -2.13. The van der Waals surface area contributed by atoms with Crippen molar-refractivity contribution in [3.05, 3.63) is 35.9 Å². The van der Waals surface area contributed by atoms with Crippen molar-refractivity contribution < 1.29 is 14.6 Å². The third-order valence-corrected chi connectivity index (χ3v) is 3.58. The second-order valence-electron chi connectivity index (χ2n) is 4.94. The highest BCUT2D eigenvalue weighted by atomic mass is 16.5. The number of aliphatic hydroxyl groups is 1. The lowest BCUT2D eigenvalue weighted by Crippen LogP contribution is -2.15. The highest BCUT2D eigenvalue weighted by Crippen LogP contribution is 2.29. The summed E-state index contributed by atoms with van der Waals surface area (Å²) in [5, 5.41) is 9.66. The van der Waals surface area contributed by atoms with Gasteiger partial charge in [-0.1, -0.05) is 36.8 Å². The van der Waals surface area contributed by atoms with Gasteiger partial charge >= 0.3 is 5.97 Å². The molecule has 0 spiro atoms. The van der Waals surface area contributed by atoms with E-state index in [9.17, 15) is 9.90 Å². The minimum Gasteiger partial charge on any atom is -0.461 e. The van der Waals surface area contributed by atoms with Gasteiger partial charge in [0.1, 0.15) is 6.61 Å². The first kappa shape index (κ1) is 13.1. The fourth-order valence-electron chi connectivity index (χ4n) is 2.47. The van der Waals surface area contributed by atoms with Gasteiger partial charge in [-0.2, -0.15) is 0 Å². The van der Waals surface area contributed by atoms with E-state index in [1.165, 1.54) is 0 Å². The molecule has 1 aromatic carbocycles. The van der Waals surface area contributed by atoms with E-state index in [1.807, 2.05) is 30.3 Å². The molecule has 0 heterocycles. The number of hydrogen-bond donors (Lipinski definition) is 1. The molecule has 0 aromatic heterocycles. The number of aliphatic hydroxyl groups excluding tert-OH is 1. The predicted octanol–water partition coefficient (Wildman–Crippen LogP) is 2.67. The van der Waals surface area contributed by atoms with Crippen molar-refractivity contribution >= 4 is 5.97 Å². The van der Waals surface area contributed by atoms with Crippen LogP contribution in [0.4, 0.5) is 0 Å². The molecule has 18 heavy (non-hydrogen) atoms. The molecule has 0 radical (unpaired) electrons. The Labute approximate surface area is 108 Å². The normalized spacial score (nSPS) is 22.9. The van der Waals surface area contributed by atoms with Crippen LogP contribution in [0.25, 0.3) is 0 Å². The number of ether oxygens (including phenoxy) is 1. The van der Waals surface area contributed by atoms with Gasteiger partial charge in [0.25, 0.3) is 0 Å². The first-order valence-corrected chi connectivity index (χ1v) is 6.63. The van der Waals surface area contributed by atoms with Gasteiger partial charge in [0.2, 0.25) is 0 Å². The average Bonchev–Trinajstić information content (AvgIpc) is 2.81. The van der Waals surface area contributed by atoms with Crippen molar-refractivity contribution in [1.29, 1.82) is 0 Å². The van der Waals surface area contributed by atoms with E-state index in [2.05, 4.69) is 0 Å². The Morgan fingerprint density at radius 3 is 2.72 bits per heavy atom. The summed E-state index contributed by atoms with van der Waals surface area (Å²) in [4.78, 5) is 11.6. The second kappa shape index (κ2) is 6.55. The minimum atomic E-state index is -0.216. The van der Waals surface area contributed by atoms with Gasteiger partial charge in [-0.15, -0.1) is 0 Å². The second-order valence-corrected chi connectivity index (χ2v) is 4.94. The van der Waals surface area contributed by atoms with Crippen molar-refractivity contribution in [1.82, 2.24) is 0 Å². The molecule has 0 amide bonds. The van der Waals surface area contributed by atoms with Crippen LogP contribution in [-0.4, -0.2) is 17.2 Å². The quantitative estimate of drug-likeness (QED) is 0.815. The number of carbonyl (C=O) groups is 1. The molecular formula is C15H20O3. The highest BCUT2D eigenvalue weighted by Gasteiger charge is 2.25. The molecule has 1 N–H and O–H groups in total. The third-order valence-electron chi connectivity index (χ3n) is 3.58. The van der Waals surface area contributed by atoms with Gasteiger partial charge in [-0.3, -0.25) is 4.79 Å². The van der Waals surface area contributed by atoms with E-state index in [0.29, 0.717) is 13.0 Å². The summed E-state index contributed by atoms with van der Waals surface area (Å²) in [6.45, 7) is 0.340. The average molecular weight is 248 g/mol. The van der Waals surface area contributed by atoms with Crippen LogP contribution in [0.15, 0.2) is 30.3 Å². The molecule has 0 saturated heterocycles. The lowest BCUT2D eigenvalue weighted by atomic mass is 10.00.